The highest BCUT2D eigenvalue weighted by Crippen LogP contribution is 2.19. The second-order valence-electron chi connectivity index (χ2n) is 3.85. The van der Waals surface area contributed by atoms with Crippen LogP contribution in [0.2, 0.25) is 0 Å². The number of carbonyl (C=O) groups is 2. The number of furan rings is 1. The molecule has 2 atom stereocenters. The summed E-state index contributed by atoms with van der Waals surface area (Å²) in [4.78, 5) is 22.1. The molecule has 6 heteroatoms. The minimum Gasteiger partial charge on any atom is -0.479 e. The summed E-state index contributed by atoms with van der Waals surface area (Å²) < 4.78 is 10.2. The van der Waals surface area contributed by atoms with E-state index in [2.05, 4.69) is 5.32 Å². The smallest absolute Gasteiger partial charge is 0.332 e. The molecule has 1 aromatic heterocycles. The van der Waals surface area contributed by atoms with Gasteiger partial charge in [0.1, 0.15) is 0 Å². The first kappa shape index (κ1) is 11.7. The molecule has 92 valence electrons. The Hall–Kier alpha value is -1.82. The Morgan fingerprint density at radius 1 is 1.47 bits per heavy atom. The van der Waals surface area contributed by atoms with Crippen LogP contribution in [0.5, 0.6) is 0 Å². The Kier molecular flexibility index (Phi) is 3.43. The number of ether oxygens (including phenoxy) is 1. The number of carboxylic acid groups (broad SMARTS) is 1. The van der Waals surface area contributed by atoms with Crippen LogP contribution in [-0.2, 0) is 9.53 Å². The van der Waals surface area contributed by atoms with Gasteiger partial charge in [0.15, 0.2) is 11.9 Å². The molecule has 6 nitrogen and oxygen atoms in total. The molecule has 0 spiro atoms. The molecule has 0 bridgehead atoms. The summed E-state index contributed by atoms with van der Waals surface area (Å²) in [6, 6.07) is 3.19. The van der Waals surface area contributed by atoms with Crippen LogP contribution in [0.3, 0.4) is 0 Å². The van der Waals surface area contributed by atoms with Crippen molar-refractivity contribution in [2.45, 2.75) is 25.0 Å². The van der Waals surface area contributed by atoms with Crippen LogP contribution in [0, 0.1) is 0 Å². The van der Waals surface area contributed by atoms with Crippen molar-refractivity contribution >= 4 is 11.9 Å². The van der Waals surface area contributed by atoms with Gasteiger partial charge in [0, 0.05) is 6.54 Å². The second-order valence-corrected chi connectivity index (χ2v) is 3.85. The zero-order valence-corrected chi connectivity index (χ0v) is 9.09. The maximum atomic E-state index is 11.5. The molecule has 1 fully saturated rings. The summed E-state index contributed by atoms with van der Waals surface area (Å²) >= 11 is 0. The van der Waals surface area contributed by atoms with Crippen LogP contribution < -0.4 is 5.32 Å². The van der Waals surface area contributed by atoms with Gasteiger partial charge in [-0.3, -0.25) is 4.79 Å². The number of hydrogen-bond donors (Lipinski definition) is 2. The van der Waals surface area contributed by atoms with Gasteiger partial charge in [-0.1, -0.05) is 0 Å². The number of nitrogens with one attached hydrogen (secondary N) is 1. The van der Waals surface area contributed by atoms with E-state index in [-0.39, 0.29) is 17.8 Å². The molecule has 1 aliphatic heterocycles. The third-order valence-electron chi connectivity index (χ3n) is 2.62. The van der Waals surface area contributed by atoms with Crippen LogP contribution >= 0.6 is 0 Å². The Labute approximate surface area is 97.6 Å². The van der Waals surface area contributed by atoms with Crippen LogP contribution in [0.1, 0.15) is 23.4 Å². The molecule has 2 rings (SSSR count). The van der Waals surface area contributed by atoms with E-state index < -0.39 is 12.1 Å². The monoisotopic (exact) mass is 239 g/mol. The largest absolute Gasteiger partial charge is 0.479 e. The SMILES string of the molecule is O=C(NCC1CCC(C(=O)O)O1)c1ccco1. The summed E-state index contributed by atoms with van der Waals surface area (Å²) in [5, 5.41) is 11.4. The quantitative estimate of drug-likeness (QED) is 0.804. The Morgan fingerprint density at radius 3 is 2.88 bits per heavy atom. The van der Waals surface area contributed by atoms with Gasteiger partial charge < -0.3 is 19.6 Å². The third kappa shape index (κ3) is 2.85. The standard InChI is InChI=1S/C11H13NO5/c13-10(8-2-1-5-16-8)12-6-7-3-4-9(17-7)11(14)15/h1-2,5,7,9H,3-4,6H2,(H,12,13)(H,14,15). The van der Waals surface area contributed by atoms with Gasteiger partial charge in [-0.25, -0.2) is 4.79 Å². The number of rotatable bonds is 4. The van der Waals surface area contributed by atoms with Crippen molar-refractivity contribution < 1.29 is 23.8 Å². The summed E-state index contributed by atoms with van der Waals surface area (Å²) in [6.45, 7) is 0.295. The van der Waals surface area contributed by atoms with Crippen LogP contribution in [0.25, 0.3) is 0 Å². The van der Waals surface area contributed by atoms with Crippen molar-refractivity contribution in [3.8, 4) is 0 Å². The summed E-state index contributed by atoms with van der Waals surface area (Å²) in [6.07, 6.45) is 1.54. The minimum absolute atomic E-state index is 0.234. The average molecular weight is 239 g/mol. The fourth-order valence-electron chi connectivity index (χ4n) is 1.74. The lowest BCUT2D eigenvalue weighted by Crippen LogP contribution is -2.32. The molecule has 0 saturated carbocycles. The van der Waals surface area contributed by atoms with Crippen LogP contribution in [0.4, 0.5) is 0 Å². The molecule has 1 aromatic rings. The molecular formula is C11H13NO5. The average Bonchev–Trinajstić information content (AvgIpc) is 2.97. The normalized spacial score (nSPS) is 23.5. The number of amides is 1. The predicted octanol–water partition coefficient (Wildman–Crippen LogP) is 0.642. The lowest BCUT2D eigenvalue weighted by Gasteiger charge is -2.11. The predicted molar refractivity (Wildman–Crippen MR) is 56.6 cm³/mol. The molecule has 2 N–H and O–H groups in total. The molecule has 2 heterocycles. The molecule has 1 aliphatic rings. The molecule has 1 amide bonds. The van der Waals surface area contributed by atoms with E-state index in [0.717, 1.165) is 0 Å². The minimum atomic E-state index is -0.954. The highest BCUT2D eigenvalue weighted by Gasteiger charge is 2.30. The number of hydrogen-bond acceptors (Lipinski definition) is 4. The Morgan fingerprint density at radius 2 is 2.29 bits per heavy atom. The van der Waals surface area contributed by atoms with E-state index >= 15 is 0 Å². The Balaban J connectivity index is 1.76. The Bertz CT molecular complexity index is 400. The van der Waals surface area contributed by atoms with E-state index in [1.54, 1.807) is 12.1 Å². The molecule has 2 unspecified atom stereocenters. The summed E-state index contributed by atoms with van der Waals surface area (Å²) in [5.41, 5.74) is 0. The first-order chi connectivity index (χ1) is 8.16. The van der Waals surface area contributed by atoms with E-state index in [9.17, 15) is 9.59 Å². The summed E-state index contributed by atoms with van der Waals surface area (Å²) in [7, 11) is 0. The van der Waals surface area contributed by atoms with Gasteiger partial charge >= 0.3 is 5.97 Å². The first-order valence-corrected chi connectivity index (χ1v) is 5.37. The lowest BCUT2D eigenvalue weighted by atomic mass is 10.2. The number of carboxylic acids is 1. The molecule has 0 aliphatic carbocycles. The maximum Gasteiger partial charge on any atom is 0.332 e. The van der Waals surface area contributed by atoms with Crippen molar-refractivity contribution in [3.63, 3.8) is 0 Å². The van der Waals surface area contributed by atoms with E-state index in [1.165, 1.54) is 6.26 Å². The van der Waals surface area contributed by atoms with Crippen LogP contribution in [-0.4, -0.2) is 35.7 Å². The van der Waals surface area contributed by atoms with Crippen molar-refractivity contribution in [1.82, 2.24) is 5.32 Å². The van der Waals surface area contributed by atoms with Crippen molar-refractivity contribution in [2.75, 3.05) is 6.54 Å². The molecule has 1 saturated heterocycles. The molecule has 0 aromatic carbocycles. The van der Waals surface area contributed by atoms with Crippen molar-refractivity contribution in [2.24, 2.45) is 0 Å². The highest BCUT2D eigenvalue weighted by molar-refractivity contribution is 5.91. The van der Waals surface area contributed by atoms with Gasteiger partial charge in [0.05, 0.1) is 12.4 Å². The van der Waals surface area contributed by atoms with Gasteiger partial charge in [-0.2, -0.15) is 0 Å². The third-order valence-corrected chi connectivity index (χ3v) is 2.62. The first-order valence-electron chi connectivity index (χ1n) is 5.37. The maximum absolute atomic E-state index is 11.5. The van der Waals surface area contributed by atoms with Gasteiger partial charge in [-0.05, 0) is 25.0 Å². The highest BCUT2D eigenvalue weighted by atomic mass is 16.5. The van der Waals surface area contributed by atoms with Crippen molar-refractivity contribution in [3.05, 3.63) is 24.2 Å². The topological polar surface area (TPSA) is 88.8 Å². The van der Waals surface area contributed by atoms with E-state index in [0.29, 0.717) is 19.4 Å². The van der Waals surface area contributed by atoms with Gasteiger partial charge in [0.25, 0.3) is 5.91 Å². The van der Waals surface area contributed by atoms with Gasteiger partial charge in [0.2, 0.25) is 0 Å². The fourth-order valence-corrected chi connectivity index (χ4v) is 1.74. The zero-order chi connectivity index (χ0) is 12.3. The zero-order valence-electron chi connectivity index (χ0n) is 9.09. The molecular weight excluding hydrogens is 226 g/mol. The van der Waals surface area contributed by atoms with Crippen molar-refractivity contribution in [1.29, 1.82) is 0 Å². The van der Waals surface area contributed by atoms with E-state index in [4.69, 9.17) is 14.3 Å². The summed E-state index contributed by atoms with van der Waals surface area (Å²) in [5.74, 6) is -1.04. The number of aliphatic carboxylic acids is 1. The molecule has 17 heavy (non-hydrogen) atoms. The fraction of sp³-hybridized carbons (Fsp3) is 0.455. The van der Waals surface area contributed by atoms with Crippen LogP contribution in [0.15, 0.2) is 22.8 Å². The lowest BCUT2D eigenvalue weighted by molar-refractivity contribution is -0.149. The second kappa shape index (κ2) is 5.01. The van der Waals surface area contributed by atoms with E-state index in [1.807, 2.05) is 0 Å². The van der Waals surface area contributed by atoms with Gasteiger partial charge in [-0.15, -0.1) is 0 Å². The number of carbonyl (C=O) groups excluding carboxylic acids is 1. The molecule has 0 radical (unpaired) electrons.